The molecule has 1 heterocycles. The average molecular weight is 356 g/mol. The molecule has 3 aromatic rings. The van der Waals surface area contributed by atoms with Crippen LogP contribution in [0.3, 0.4) is 0 Å². The molecular weight excluding hydrogens is 349 g/mol. The first-order valence-electron chi connectivity index (χ1n) is 5.04. The van der Waals surface area contributed by atoms with Crippen molar-refractivity contribution in [2.75, 3.05) is 0 Å². The third-order valence-corrected chi connectivity index (χ3v) is 3.40. The largest absolute Gasteiger partial charge is 0.436 e. The number of nitrogens with zero attached hydrogens (tertiary/aromatic N) is 1. The van der Waals surface area contributed by atoms with Crippen molar-refractivity contribution in [2.45, 2.75) is 0 Å². The van der Waals surface area contributed by atoms with Crippen molar-refractivity contribution in [3.63, 3.8) is 0 Å². The quantitative estimate of drug-likeness (QED) is 0.589. The van der Waals surface area contributed by atoms with E-state index in [4.69, 9.17) is 16.0 Å². The number of fused-ring (bicyclic) bond motifs is 1. The van der Waals surface area contributed by atoms with Gasteiger partial charge in [-0.3, -0.25) is 0 Å². The fourth-order valence-electron chi connectivity index (χ4n) is 1.62. The van der Waals surface area contributed by atoms with Gasteiger partial charge in [-0.15, -0.1) is 0 Å². The molecule has 0 unspecified atom stereocenters. The fourth-order valence-corrected chi connectivity index (χ4v) is 2.14. The molecule has 2 nitrogen and oxygen atoms in total. The molecule has 0 saturated carbocycles. The molecule has 4 heteroatoms. The maximum atomic E-state index is 5.91. The summed E-state index contributed by atoms with van der Waals surface area (Å²) in [5.41, 5.74) is 2.51. The monoisotopic (exact) mass is 355 g/mol. The average Bonchev–Trinajstić information content (AvgIpc) is 2.72. The summed E-state index contributed by atoms with van der Waals surface area (Å²) in [6.45, 7) is 0. The van der Waals surface area contributed by atoms with Crippen LogP contribution in [-0.4, -0.2) is 4.98 Å². The second kappa shape index (κ2) is 4.31. The highest BCUT2D eigenvalue weighted by atomic mass is 127. The van der Waals surface area contributed by atoms with Gasteiger partial charge in [-0.25, -0.2) is 4.98 Å². The summed E-state index contributed by atoms with van der Waals surface area (Å²) in [4.78, 5) is 4.42. The molecule has 84 valence electrons. The SMILES string of the molecule is Clc1ccc2oc(-c3ccc(I)cc3)nc2c1. The van der Waals surface area contributed by atoms with Crippen molar-refractivity contribution in [1.82, 2.24) is 4.98 Å². The summed E-state index contributed by atoms with van der Waals surface area (Å²) < 4.78 is 6.86. The van der Waals surface area contributed by atoms with Crippen LogP contribution >= 0.6 is 34.2 Å². The highest BCUT2D eigenvalue weighted by molar-refractivity contribution is 14.1. The van der Waals surface area contributed by atoms with Gasteiger partial charge in [0.2, 0.25) is 5.89 Å². The van der Waals surface area contributed by atoms with Crippen LogP contribution in [0.1, 0.15) is 0 Å². The number of benzene rings is 2. The molecule has 0 amide bonds. The van der Waals surface area contributed by atoms with Crippen molar-refractivity contribution in [1.29, 1.82) is 0 Å². The van der Waals surface area contributed by atoms with Gasteiger partial charge in [0.05, 0.1) is 0 Å². The predicted molar refractivity (Wildman–Crippen MR) is 77.2 cm³/mol. The van der Waals surface area contributed by atoms with Gasteiger partial charge in [0, 0.05) is 14.2 Å². The lowest BCUT2D eigenvalue weighted by molar-refractivity contribution is 0.620. The zero-order valence-corrected chi connectivity index (χ0v) is 11.6. The Morgan fingerprint density at radius 2 is 1.82 bits per heavy atom. The maximum Gasteiger partial charge on any atom is 0.227 e. The van der Waals surface area contributed by atoms with E-state index in [-0.39, 0.29) is 0 Å². The number of hydrogen-bond acceptors (Lipinski definition) is 2. The van der Waals surface area contributed by atoms with E-state index >= 15 is 0 Å². The predicted octanol–water partition coefficient (Wildman–Crippen LogP) is 4.75. The number of halogens is 2. The molecule has 0 aliphatic heterocycles. The van der Waals surface area contributed by atoms with Crippen LogP contribution in [0.2, 0.25) is 5.02 Å². The van der Waals surface area contributed by atoms with E-state index in [1.165, 1.54) is 3.57 Å². The van der Waals surface area contributed by atoms with E-state index in [1.54, 1.807) is 12.1 Å². The molecule has 3 rings (SSSR count). The third kappa shape index (κ3) is 2.17. The Labute approximate surface area is 117 Å². The van der Waals surface area contributed by atoms with Crippen LogP contribution in [0.5, 0.6) is 0 Å². The topological polar surface area (TPSA) is 26.0 Å². The summed E-state index contributed by atoms with van der Waals surface area (Å²) in [5, 5.41) is 0.667. The minimum Gasteiger partial charge on any atom is -0.436 e. The van der Waals surface area contributed by atoms with Gasteiger partial charge in [-0.05, 0) is 65.1 Å². The Hall–Kier alpha value is -1.07. The Morgan fingerprint density at radius 3 is 2.59 bits per heavy atom. The molecule has 17 heavy (non-hydrogen) atoms. The van der Waals surface area contributed by atoms with Gasteiger partial charge in [0.1, 0.15) is 5.52 Å². The van der Waals surface area contributed by atoms with E-state index in [1.807, 2.05) is 30.3 Å². The minimum absolute atomic E-state index is 0.624. The Kier molecular flexibility index (Phi) is 2.80. The van der Waals surface area contributed by atoms with Crippen molar-refractivity contribution in [3.05, 3.63) is 51.1 Å². The highest BCUT2D eigenvalue weighted by Crippen LogP contribution is 2.26. The summed E-state index contributed by atoms with van der Waals surface area (Å²) >= 11 is 8.18. The Bertz CT molecular complexity index is 675. The van der Waals surface area contributed by atoms with Gasteiger partial charge in [0.25, 0.3) is 0 Å². The summed E-state index contributed by atoms with van der Waals surface area (Å²) in [7, 11) is 0. The summed E-state index contributed by atoms with van der Waals surface area (Å²) in [5.74, 6) is 0.624. The maximum absolute atomic E-state index is 5.91. The third-order valence-electron chi connectivity index (χ3n) is 2.44. The molecule has 0 saturated heterocycles. The van der Waals surface area contributed by atoms with Crippen molar-refractivity contribution in [2.24, 2.45) is 0 Å². The molecule has 0 bridgehead atoms. The molecule has 1 aromatic heterocycles. The first kappa shape index (κ1) is 11.0. The number of rotatable bonds is 1. The zero-order chi connectivity index (χ0) is 11.8. The van der Waals surface area contributed by atoms with Gasteiger partial charge < -0.3 is 4.42 Å². The molecule has 0 N–H and O–H groups in total. The molecule has 0 spiro atoms. The molecule has 0 radical (unpaired) electrons. The second-order valence-electron chi connectivity index (χ2n) is 3.64. The minimum atomic E-state index is 0.624. The number of oxazole rings is 1. The molecule has 0 aliphatic carbocycles. The zero-order valence-electron chi connectivity index (χ0n) is 8.65. The molecule has 0 fully saturated rings. The smallest absolute Gasteiger partial charge is 0.227 e. The summed E-state index contributed by atoms with van der Waals surface area (Å²) in [6.07, 6.45) is 0. The molecule has 2 aromatic carbocycles. The van der Waals surface area contributed by atoms with Gasteiger partial charge in [0.15, 0.2) is 5.58 Å². The van der Waals surface area contributed by atoms with Crippen LogP contribution in [-0.2, 0) is 0 Å². The standard InChI is InChI=1S/C13H7ClINO/c14-9-3-6-12-11(7-9)16-13(17-12)8-1-4-10(15)5-2-8/h1-7H. The van der Waals surface area contributed by atoms with E-state index in [0.29, 0.717) is 10.9 Å². The van der Waals surface area contributed by atoms with Crippen LogP contribution in [0.4, 0.5) is 0 Å². The first-order valence-corrected chi connectivity index (χ1v) is 6.50. The van der Waals surface area contributed by atoms with E-state index in [2.05, 4.69) is 27.6 Å². The van der Waals surface area contributed by atoms with E-state index in [0.717, 1.165) is 16.7 Å². The van der Waals surface area contributed by atoms with Crippen LogP contribution in [0, 0.1) is 3.57 Å². The lowest BCUT2D eigenvalue weighted by Crippen LogP contribution is -1.77. The lowest BCUT2D eigenvalue weighted by Gasteiger charge is -1.94. The number of hydrogen-bond donors (Lipinski definition) is 0. The van der Waals surface area contributed by atoms with Gasteiger partial charge in [-0.1, -0.05) is 11.6 Å². The summed E-state index contributed by atoms with van der Waals surface area (Å²) in [6, 6.07) is 13.5. The Balaban J connectivity index is 2.14. The van der Waals surface area contributed by atoms with Crippen LogP contribution in [0.15, 0.2) is 46.9 Å². The Morgan fingerprint density at radius 1 is 1.06 bits per heavy atom. The van der Waals surface area contributed by atoms with E-state index in [9.17, 15) is 0 Å². The molecular formula is C13H7ClINO. The van der Waals surface area contributed by atoms with Crippen molar-refractivity contribution >= 4 is 45.3 Å². The van der Waals surface area contributed by atoms with Crippen LogP contribution < -0.4 is 0 Å². The normalized spacial score (nSPS) is 10.9. The fraction of sp³-hybridized carbons (Fsp3) is 0. The first-order chi connectivity index (χ1) is 8.22. The number of aromatic nitrogens is 1. The lowest BCUT2D eigenvalue weighted by atomic mass is 10.2. The van der Waals surface area contributed by atoms with Crippen LogP contribution in [0.25, 0.3) is 22.6 Å². The van der Waals surface area contributed by atoms with Gasteiger partial charge >= 0.3 is 0 Å². The molecule has 0 aliphatic rings. The highest BCUT2D eigenvalue weighted by Gasteiger charge is 2.08. The molecule has 0 atom stereocenters. The van der Waals surface area contributed by atoms with Crippen molar-refractivity contribution in [3.8, 4) is 11.5 Å². The van der Waals surface area contributed by atoms with Crippen molar-refractivity contribution < 1.29 is 4.42 Å². The second-order valence-corrected chi connectivity index (χ2v) is 5.32. The van der Waals surface area contributed by atoms with Gasteiger partial charge in [-0.2, -0.15) is 0 Å². The van der Waals surface area contributed by atoms with E-state index < -0.39 is 0 Å².